The molecule has 0 N–H and O–H groups in total. The van der Waals surface area contributed by atoms with Crippen LogP contribution in [0.1, 0.15) is 19.6 Å². The molecule has 10 heavy (non-hydrogen) atoms. The Balaban J connectivity index is 0.000000371. The molecule has 0 radical (unpaired) electrons. The van der Waals surface area contributed by atoms with E-state index in [1.807, 2.05) is 26.0 Å². The third-order valence-corrected chi connectivity index (χ3v) is 1.16. The molecule has 0 fully saturated rings. The van der Waals surface area contributed by atoms with Crippen LogP contribution in [0.25, 0.3) is 0 Å². The summed E-state index contributed by atoms with van der Waals surface area (Å²) in [6.07, 6.45) is 2.61. The molecule has 0 aliphatic rings. The van der Waals surface area contributed by atoms with E-state index in [9.17, 15) is 0 Å². The van der Waals surface area contributed by atoms with Gasteiger partial charge in [-0.3, -0.25) is 0 Å². The van der Waals surface area contributed by atoms with Crippen LogP contribution in [0, 0.1) is 0 Å². The molecule has 0 aliphatic heterocycles. The van der Waals surface area contributed by atoms with Gasteiger partial charge in [-0.15, -0.1) is 0 Å². The molecule has 0 spiro atoms. The van der Waals surface area contributed by atoms with Gasteiger partial charge in [-0.05, 0) is 17.9 Å². The largest absolute Gasteiger partial charge is 0.469 e. The summed E-state index contributed by atoms with van der Waals surface area (Å²) in [5.74, 6) is 1.87. The van der Waals surface area contributed by atoms with Gasteiger partial charge in [0, 0.05) is 6.42 Å². The van der Waals surface area contributed by atoms with Crippen LogP contribution < -0.4 is 0 Å². The molecule has 1 rings (SSSR count). The van der Waals surface area contributed by atoms with E-state index in [2.05, 4.69) is 12.6 Å². The first-order valence-corrected chi connectivity index (χ1v) is 4.20. The first-order chi connectivity index (χ1) is 4.93. The van der Waals surface area contributed by atoms with Gasteiger partial charge in [-0.1, -0.05) is 13.8 Å². The minimum atomic E-state index is 0.855. The maximum absolute atomic E-state index is 5.03. The molecule has 0 unspecified atom stereocenters. The maximum atomic E-state index is 5.03. The topological polar surface area (TPSA) is 13.1 Å². The summed E-state index contributed by atoms with van der Waals surface area (Å²) >= 11 is 4.05. The van der Waals surface area contributed by atoms with Crippen molar-refractivity contribution in [2.75, 3.05) is 5.75 Å². The molecule has 0 amide bonds. The van der Waals surface area contributed by atoms with Crippen LogP contribution >= 0.6 is 12.6 Å². The normalized spacial score (nSPS) is 8.30. The zero-order chi connectivity index (χ0) is 7.82. The van der Waals surface area contributed by atoms with Gasteiger partial charge in [0.1, 0.15) is 5.76 Å². The Morgan fingerprint density at radius 3 is 2.60 bits per heavy atom. The van der Waals surface area contributed by atoms with Crippen molar-refractivity contribution in [3.63, 3.8) is 0 Å². The van der Waals surface area contributed by atoms with E-state index in [0.29, 0.717) is 0 Å². The van der Waals surface area contributed by atoms with Gasteiger partial charge in [-0.2, -0.15) is 12.6 Å². The fourth-order valence-electron chi connectivity index (χ4n) is 0.565. The lowest BCUT2D eigenvalue weighted by Crippen LogP contribution is -1.78. The fraction of sp³-hybridized carbons (Fsp3) is 0.500. The molecule has 0 saturated carbocycles. The molecule has 1 aromatic heterocycles. The zero-order valence-corrected chi connectivity index (χ0v) is 7.40. The number of aryl methyl sites for hydroxylation is 1. The van der Waals surface area contributed by atoms with Gasteiger partial charge >= 0.3 is 0 Å². The maximum Gasteiger partial charge on any atom is 0.104 e. The summed E-state index contributed by atoms with van der Waals surface area (Å²) < 4.78 is 5.03. The van der Waals surface area contributed by atoms with Crippen LogP contribution in [0.3, 0.4) is 0 Å². The van der Waals surface area contributed by atoms with Crippen molar-refractivity contribution in [1.82, 2.24) is 0 Å². The summed E-state index contributed by atoms with van der Waals surface area (Å²) in [4.78, 5) is 0. The van der Waals surface area contributed by atoms with Crippen molar-refractivity contribution < 1.29 is 4.42 Å². The van der Waals surface area contributed by atoms with Crippen LogP contribution in [0.2, 0.25) is 0 Å². The van der Waals surface area contributed by atoms with Crippen molar-refractivity contribution >= 4 is 12.6 Å². The van der Waals surface area contributed by atoms with Crippen LogP contribution in [0.15, 0.2) is 22.8 Å². The average Bonchev–Trinajstić information content (AvgIpc) is 2.46. The first-order valence-electron chi connectivity index (χ1n) is 3.56. The predicted molar refractivity (Wildman–Crippen MR) is 47.6 cm³/mol. The Morgan fingerprint density at radius 1 is 1.50 bits per heavy atom. The van der Waals surface area contributed by atoms with E-state index >= 15 is 0 Å². The quantitative estimate of drug-likeness (QED) is 0.653. The average molecular weight is 158 g/mol. The second-order valence-corrected chi connectivity index (χ2v) is 2.00. The Labute approximate surface area is 67.8 Å². The standard InChI is InChI=1S/C6H8OS.C2H6/c8-5-3-6-2-1-4-7-6;1-2/h1-2,4,8H,3,5H2;1-2H3. The lowest BCUT2D eigenvalue weighted by atomic mass is 10.4. The molecule has 2 heteroatoms. The monoisotopic (exact) mass is 158 g/mol. The van der Waals surface area contributed by atoms with Crippen molar-refractivity contribution in [3.05, 3.63) is 24.2 Å². The minimum Gasteiger partial charge on any atom is -0.469 e. The molecule has 0 atom stereocenters. The summed E-state index contributed by atoms with van der Waals surface area (Å²) in [6, 6.07) is 3.84. The van der Waals surface area contributed by atoms with Crippen molar-refractivity contribution in [3.8, 4) is 0 Å². The van der Waals surface area contributed by atoms with Gasteiger partial charge in [0.05, 0.1) is 6.26 Å². The predicted octanol–water partition coefficient (Wildman–Crippen LogP) is 2.78. The second kappa shape index (κ2) is 6.75. The molecule has 58 valence electrons. The van der Waals surface area contributed by atoms with Gasteiger partial charge in [0.2, 0.25) is 0 Å². The Hall–Kier alpha value is -0.370. The number of rotatable bonds is 2. The van der Waals surface area contributed by atoms with Gasteiger partial charge < -0.3 is 4.42 Å². The van der Waals surface area contributed by atoms with Crippen LogP contribution in [0.4, 0.5) is 0 Å². The summed E-state index contributed by atoms with van der Waals surface area (Å²) in [5, 5.41) is 0. The molecule has 1 aromatic rings. The lowest BCUT2D eigenvalue weighted by Gasteiger charge is -1.85. The van der Waals surface area contributed by atoms with Gasteiger partial charge in [0.25, 0.3) is 0 Å². The molecule has 1 heterocycles. The smallest absolute Gasteiger partial charge is 0.104 e. The highest BCUT2D eigenvalue weighted by Crippen LogP contribution is 2.00. The van der Waals surface area contributed by atoms with Crippen molar-refractivity contribution in [1.29, 1.82) is 0 Å². The van der Waals surface area contributed by atoms with Gasteiger partial charge in [0.15, 0.2) is 0 Å². The Morgan fingerprint density at radius 2 is 2.20 bits per heavy atom. The SMILES string of the molecule is CC.SCCc1ccco1. The summed E-state index contributed by atoms with van der Waals surface area (Å²) in [7, 11) is 0. The molecular formula is C8H14OS. The highest BCUT2D eigenvalue weighted by molar-refractivity contribution is 7.80. The summed E-state index contributed by atoms with van der Waals surface area (Å²) in [6.45, 7) is 4.00. The van der Waals surface area contributed by atoms with Crippen LogP contribution in [0.5, 0.6) is 0 Å². The fourth-order valence-corrected chi connectivity index (χ4v) is 0.785. The third kappa shape index (κ3) is 3.62. The third-order valence-electron chi connectivity index (χ3n) is 0.938. The molecule has 0 bridgehead atoms. The summed E-state index contributed by atoms with van der Waals surface area (Å²) in [5.41, 5.74) is 0. The molecule has 0 aliphatic carbocycles. The number of hydrogen-bond acceptors (Lipinski definition) is 2. The van der Waals surface area contributed by atoms with E-state index in [1.54, 1.807) is 6.26 Å². The Bertz CT molecular complexity index is 135. The second-order valence-electron chi connectivity index (χ2n) is 1.55. The van der Waals surface area contributed by atoms with E-state index in [0.717, 1.165) is 17.9 Å². The highest BCUT2D eigenvalue weighted by atomic mass is 32.1. The number of hydrogen-bond donors (Lipinski definition) is 1. The van der Waals surface area contributed by atoms with E-state index in [4.69, 9.17) is 4.42 Å². The minimum absolute atomic E-state index is 0.855. The number of furan rings is 1. The van der Waals surface area contributed by atoms with Crippen molar-refractivity contribution in [2.24, 2.45) is 0 Å². The van der Waals surface area contributed by atoms with Gasteiger partial charge in [-0.25, -0.2) is 0 Å². The lowest BCUT2D eigenvalue weighted by molar-refractivity contribution is 0.517. The zero-order valence-electron chi connectivity index (χ0n) is 6.50. The first kappa shape index (κ1) is 9.63. The highest BCUT2D eigenvalue weighted by Gasteiger charge is 1.89. The molecule has 0 aromatic carbocycles. The number of thiol groups is 1. The van der Waals surface area contributed by atoms with Crippen LogP contribution in [-0.2, 0) is 6.42 Å². The molecular weight excluding hydrogens is 144 g/mol. The van der Waals surface area contributed by atoms with E-state index in [-0.39, 0.29) is 0 Å². The van der Waals surface area contributed by atoms with E-state index in [1.165, 1.54) is 0 Å². The van der Waals surface area contributed by atoms with E-state index < -0.39 is 0 Å². The molecule has 0 saturated heterocycles. The molecule has 1 nitrogen and oxygen atoms in total. The van der Waals surface area contributed by atoms with Crippen LogP contribution in [-0.4, -0.2) is 5.75 Å². The Kier molecular flexibility index (Phi) is 6.50. The van der Waals surface area contributed by atoms with Crippen molar-refractivity contribution in [2.45, 2.75) is 20.3 Å².